The number of rotatable bonds is 5. The minimum absolute atomic E-state index is 0.711. The molecule has 2 aromatic heterocycles. The largest absolute Gasteiger partial charge is 0.494 e. The highest BCUT2D eigenvalue weighted by Gasteiger charge is 2.08. The van der Waals surface area contributed by atoms with Crippen LogP contribution >= 0.6 is 12.2 Å². The summed E-state index contributed by atoms with van der Waals surface area (Å²) in [5, 5.41) is 7.74. The van der Waals surface area contributed by atoms with Crippen molar-refractivity contribution in [3.63, 3.8) is 0 Å². The highest BCUT2D eigenvalue weighted by Crippen LogP contribution is 2.24. The fourth-order valence-electron chi connectivity index (χ4n) is 2.29. The predicted octanol–water partition coefficient (Wildman–Crippen LogP) is 2.39. The van der Waals surface area contributed by atoms with E-state index in [0.717, 1.165) is 36.3 Å². The second-order valence-corrected chi connectivity index (χ2v) is 4.84. The summed E-state index contributed by atoms with van der Waals surface area (Å²) in [6, 6.07) is 5.94. The van der Waals surface area contributed by atoms with Gasteiger partial charge in [-0.2, -0.15) is 0 Å². The Kier molecular flexibility index (Phi) is 3.51. The second-order valence-electron chi connectivity index (χ2n) is 4.46. The van der Waals surface area contributed by atoms with Crippen molar-refractivity contribution in [1.29, 1.82) is 0 Å². The van der Waals surface area contributed by atoms with E-state index < -0.39 is 0 Å². The van der Waals surface area contributed by atoms with Gasteiger partial charge in [-0.3, -0.25) is 4.68 Å². The van der Waals surface area contributed by atoms with Gasteiger partial charge >= 0.3 is 0 Å². The van der Waals surface area contributed by atoms with Crippen molar-refractivity contribution in [2.24, 2.45) is 0 Å². The number of para-hydroxylation sites is 1. The highest BCUT2D eigenvalue weighted by molar-refractivity contribution is 7.71. The molecule has 0 radical (unpaired) electrons. The van der Waals surface area contributed by atoms with Gasteiger partial charge in [0, 0.05) is 19.3 Å². The summed E-state index contributed by atoms with van der Waals surface area (Å²) in [5.74, 6) is 0.809. The average Bonchev–Trinajstić information content (AvgIpc) is 3.07. The maximum atomic E-state index is 5.39. The molecule has 0 bridgehead atoms. The monoisotopic (exact) mass is 289 g/mol. The first kappa shape index (κ1) is 12.9. The van der Waals surface area contributed by atoms with Crippen molar-refractivity contribution in [3.05, 3.63) is 35.4 Å². The van der Waals surface area contributed by atoms with E-state index >= 15 is 0 Å². The standard InChI is InChI=1S/C13H15N5OS/c1-19-11-5-2-4-10-12(11)15-13(20)18(10)8-3-7-17-9-6-14-16-17/h2,4-6,9H,3,7-8H2,1H3,(H,15,20). The molecule has 0 amide bonds. The molecule has 20 heavy (non-hydrogen) atoms. The van der Waals surface area contributed by atoms with E-state index in [1.54, 1.807) is 13.3 Å². The molecule has 3 rings (SSSR count). The lowest BCUT2D eigenvalue weighted by molar-refractivity contribution is 0.419. The number of aryl methyl sites for hydroxylation is 2. The van der Waals surface area contributed by atoms with Gasteiger partial charge in [0.05, 0.1) is 18.8 Å². The summed E-state index contributed by atoms with van der Waals surface area (Å²) in [6.07, 6.45) is 4.47. The minimum Gasteiger partial charge on any atom is -0.494 e. The SMILES string of the molecule is COc1cccc2c1[nH]c(=S)n2CCCn1ccnn1. The number of imidazole rings is 1. The van der Waals surface area contributed by atoms with E-state index in [9.17, 15) is 0 Å². The fraction of sp³-hybridized carbons (Fsp3) is 0.308. The zero-order valence-electron chi connectivity index (χ0n) is 11.1. The topological polar surface area (TPSA) is 60.7 Å². The summed E-state index contributed by atoms with van der Waals surface area (Å²) in [6.45, 7) is 1.64. The first-order valence-corrected chi connectivity index (χ1v) is 6.80. The van der Waals surface area contributed by atoms with Crippen molar-refractivity contribution in [1.82, 2.24) is 24.5 Å². The van der Waals surface area contributed by atoms with Gasteiger partial charge < -0.3 is 14.3 Å². The third-order valence-electron chi connectivity index (χ3n) is 3.23. The molecular formula is C13H15N5OS. The Morgan fingerprint density at radius 1 is 1.35 bits per heavy atom. The molecule has 104 valence electrons. The van der Waals surface area contributed by atoms with E-state index in [0.29, 0.717) is 4.77 Å². The lowest BCUT2D eigenvalue weighted by atomic mass is 10.3. The van der Waals surface area contributed by atoms with Crippen LogP contribution in [0.15, 0.2) is 30.6 Å². The zero-order valence-corrected chi connectivity index (χ0v) is 11.9. The number of hydrogen-bond acceptors (Lipinski definition) is 4. The third kappa shape index (κ3) is 2.32. The maximum Gasteiger partial charge on any atom is 0.178 e. The van der Waals surface area contributed by atoms with Crippen LogP contribution < -0.4 is 4.74 Å². The number of aromatic nitrogens is 5. The van der Waals surface area contributed by atoms with E-state index in [2.05, 4.69) is 19.9 Å². The van der Waals surface area contributed by atoms with Gasteiger partial charge in [-0.05, 0) is 30.8 Å². The molecule has 0 atom stereocenters. The fourth-order valence-corrected chi connectivity index (χ4v) is 2.58. The van der Waals surface area contributed by atoms with Gasteiger partial charge in [0.2, 0.25) is 0 Å². The summed E-state index contributed by atoms with van der Waals surface area (Å²) in [5.41, 5.74) is 2.01. The smallest absolute Gasteiger partial charge is 0.178 e. The Bertz CT molecular complexity index is 759. The Balaban J connectivity index is 1.84. The molecule has 0 saturated carbocycles. The number of ether oxygens (including phenoxy) is 1. The number of fused-ring (bicyclic) bond motifs is 1. The lowest BCUT2D eigenvalue weighted by Crippen LogP contribution is -2.04. The molecule has 1 aromatic carbocycles. The van der Waals surface area contributed by atoms with Crippen LogP contribution in [-0.4, -0.2) is 31.7 Å². The summed E-state index contributed by atoms with van der Waals surface area (Å²) < 4.78 is 9.96. The molecule has 2 heterocycles. The van der Waals surface area contributed by atoms with E-state index in [1.807, 2.05) is 29.1 Å². The quantitative estimate of drug-likeness (QED) is 0.733. The summed E-state index contributed by atoms with van der Waals surface area (Å²) >= 11 is 5.39. The molecule has 0 fully saturated rings. The molecule has 0 spiro atoms. The number of hydrogen-bond donors (Lipinski definition) is 1. The van der Waals surface area contributed by atoms with Gasteiger partial charge in [0.1, 0.15) is 11.3 Å². The Morgan fingerprint density at radius 3 is 3.00 bits per heavy atom. The number of methoxy groups -OCH3 is 1. The number of H-pyrrole nitrogens is 1. The van der Waals surface area contributed by atoms with Crippen molar-refractivity contribution in [2.45, 2.75) is 19.5 Å². The van der Waals surface area contributed by atoms with Gasteiger partial charge in [-0.1, -0.05) is 11.3 Å². The van der Waals surface area contributed by atoms with Gasteiger partial charge in [-0.15, -0.1) is 5.10 Å². The molecule has 1 N–H and O–H groups in total. The maximum absolute atomic E-state index is 5.39. The number of nitrogens with one attached hydrogen (secondary N) is 1. The molecule has 0 aliphatic carbocycles. The van der Waals surface area contributed by atoms with Crippen molar-refractivity contribution in [2.75, 3.05) is 7.11 Å². The summed E-state index contributed by atoms with van der Waals surface area (Å²) in [7, 11) is 1.66. The number of benzene rings is 1. The molecule has 0 aliphatic rings. The Hall–Kier alpha value is -2.15. The zero-order chi connectivity index (χ0) is 13.9. The second kappa shape index (κ2) is 5.46. The van der Waals surface area contributed by atoms with E-state index in [4.69, 9.17) is 17.0 Å². The van der Waals surface area contributed by atoms with Crippen LogP contribution in [0.3, 0.4) is 0 Å². The van der Waals surface area contributed by atoms with Crippen LogP contribution in [0.25, 0.3) is 11.0 Å². The predicted molar refractivity (Wildman–Crippen MR) is 78.3 cm³/mol. The Morgan fingerprint density at radius 2 is 2.25 bits per heavy atom. The number of nitrogens with zero attached hydrogens (tertiary/aromatic N) is 4. The van der Waals surface area contributed by atoms with Crippen molar-refractivity contribution >= 4 is 23.3 Å². The molecule has 0 saturated heterocycles. The average molecular weight is 289 g/mol. The van der Waals surface area contributed by atoms with Crippen LogP contribution in [0.4, 0.5) is 0 Å². The molecular weight excluding hydrogens is 274 g/mol. The number of aromatic amines is 1. The van der Waals surface area contributed by atoms with Gasteiger partial charge in [0.25, 0.3) is 0 Å². The first-order chi connectivity index (χ1) is 9.79. The van der Waals surface area contributed by atoms with Crippen molar-refractivity contribution in [3.8, 4) is 5.75 Å². The highest BCUT2D eigenvalue weighted by atomic mass is 32.1. The van der Waals surface area contributed by atoms with Crippen molar-refractivity contribution < 1.29 is 4.74 Å². The molecule has 6 nitrogen and oxygen atoms in total. The van der Waals surface area contributed by atoms with Crippen LogP contribution in [0.1, 0.15) is 6.42 Å². The third-order valence-corrected chi connectivity index (χ3v) is 3.56. The minimum atomic E-state index is 0.711. The van der Waals surface area contributed by atoms with Crippen LogP contribution in [-0.2, 0) is 13.1 Å². The van der Waals surface area contributed by atoms with Gasteiger partial charge in [-0.25, -0.2) is 0 Å². The van der Waals surface area contributed by atoms with Crippen LogP contribution in [0.2, 0.25) is 0 Å². The Labute approximate surface area is 121 Å². The van der Waals surface area contributed by atoms with Crippen LogP contribution in [0, 0.1) is 4.77 Å². The first-order valence-electron chi connectivity index (χ1n) is 6.39. The van der Waals surface area contributed by atoms with Crippen LogP contribution in [0.5, 0.6) is 5.75 Å². The molecule has 0 aliphatic heterocycles. The lowest BCUT2D eigenvalue weighted by Gasteiger charge is -2.05. The molecule has 0 unspecified atom stereocenters. The van der Waals surface area contributed by atoms with E-state index in [-0.39, 0.29) is 0 Å². The normalized spacial score (nSPS) is 11.1. The molecule has 7 heteroatoms. The van der Waals surface area contributed by atoms with Gasteiger partial charge in [0.15, 0.2) is 4.77 Å². The molecule has 3 aromatic rings. The summed E-state index contributed by atoms with van der Waals surface area (Å²) in [4.78, 5) is 3.21. The van der Waals surface area contributed by atoms with E-state index in [1.165, 1.54) is 0 Å².